The Morgan fingerprint density at radius 3 is 2.71 bits per heavy atom. The molecule has 2 rings (SSSR count). The van der Waals surface area contributed by atoms with Crippen LogP contribution in [0.15, 0.2) is 36.5 Å². The van der Waals surface area contributed by atoms with Crippen molar-refractivity contribution >= 4 is 35.1 Å². The number of hydrogen-bond donors (Lipinski definition) is 1. The van der Waals surface area contributed by atoms with Gasteiger partial charge in [-0.3, -0.25) is 4.79 Å². The third kappa shape index (κ3) is 4.79. The van der Waals surface area contributed by atoms with E-state index in [1.807, 2.05) is 44.2 Å². The minimum Gasteiger partial charge on any atom is -0.310 e. The zero-order chi connectivity index (χ0) is 15.2. The highest BCUT2D eigenvalue weighted by Gasteiger charge is 2.09. The Balaban J connectivity index is 1.79. The maximum absolute atomic E-state index is 11.9. The molecule has 0 spiro atoms. The quantitative estimate of drug-likeness (QED) is 0.874. The first-order chi connectivity index (χ1) is 10.1. The highest BCUT2D eigenvalue weighted by atomic mass is 35.5. The van der Waals surface area contributed by atoms with Crippen molar-refractivity contribution in [3.05, 3.63) is 47.1 Å². The lowest BCUT2D eigenvalue weighted by Gasteiger charge is -2.11. The average Bonchev–Trinajstić information content (AvgIpc) is 2.89. The second-order valence-electron chi connectivity index (χ2n) is 4.92. The highest BCUT2D eigenvalue weighted by molar-refractivity contribution is 7.99. The topological polar surface area (TPSA) is 46.9 Å². The largest absolute Gasteiger partial charge is 0.310 e. The summed E-state index contributed by atoms with van der Waals surface area (Å²) in [6.07, 6.45) is 1.69. The first-order valence-electron chi connectivity index (χ1n) is 6.72. The van der Waals surface area contributed by atoms with Crippen LogP contribution in [-0.2, 0) is 10.5 Å². The van der Waals surface area contributed by atoms with Crippen LogP contribution in [0.2, 0.25) is 5.02 Å². The van der Waals surface area contributed by atoms with E-state index in [1.54, 1.807) is 22.6 Å². The van der Waals surface area contributed by atoms with Gasteiger partial charge in [0.1, 0.15) is 5.82 Å². The normalized spacial score (nSPS) is 10.9. The Morgan fingerprint density at radius 2 is 2.05 bits per heavy atom. The van der Waals surface area contributed by atoms with Gasteiger partial charge in [0.05, 0.1) is 11.9 Å². The SMILES string of the molecule is CC(C)n1nccc1NC(=O)CSCc1ccc(Cl)cc1. The molecule has 0 unspecified atom stereocenters. The molecule has 1 heterocycles. The number of nitrogens with one attached hydrogen (secondary N) is 1. The third-order valence-electron chi connectivity index (χ3n) is 2.84. The van der Waals surface area contributed by atoms with Crippen LogP contribution >= 0.6 is 23.4 Å². The van der Waals surface area contributed by atoms with E-state index in [2.05, 4.69) is 10.4 Å². The molecule has 1 aromatic carbocycles. The Labute approximate surface area is 133 Å². The Hall–Kier alpha value is -1.46. The summed E-state index contributed by atoms with van der Waals surface area (Å²) in [5.74, 6) is 1.92. The molecular formula is C15H18ClN3OS. The summed E-state index contributed by atoms with van der Waals surface area (Å²) >= 11 is 7.41. The van der Waals surface area contributed by atoms with Crippen molar-refractivity contribution in [2.45, 2.75) is 25.6 Å². The van der Waals surface area contributed by atoms with Gasteiger partial charge < -0.3 is 5.32 Å². The number of rotatable bonds is 6. The maximum Gasteiger partial charge on any atom is 0.235 e. The number of halogens is 1. The van der Waals surface area contributed by atoms with Crippen molar-refractivity contribution < 1.29 is 4.79 Å². The van der Waals surface area contributed by atoms with Gasteiger partial charge in [-0.05, 0) is 31.5 Å². The summed E-state index contributed by atoms with van der Waals surface area (Å²) in [6.45, 7) is 4.05. The first-order valence-corrected chi connectivity index (χ1v) is 8.25. The number of thioether (sulfide) groups is 1. The molecule has 0 aliphatic heterocycles. The number of anilines is 1. The van der Waals surface area contributed by atoms with Gasteiger partial charge in [-0.1, -0.05) is 23.7 Å². The number of hydrogen-bond acceptors (Lipinski definition) is 3. The summed E-state index contributed by atoms with van der Waals surface area (Å²) < 4.78 is 1.79. The van der Waals surface area contributed by atoms with Crippen molar-refractivity contribution in [1.29, 1.82) is 0 Å². The van der Waals surface area contributed by atoms with Gasteiger partial charge in [0, 0.05) is 22.9 Å². The summed E-state index contributed by atoms with van der Waals surface area (Å²) in [5, 5.41) is 7.80. The van der Waals surface area contributed by atoms with Crippen LogP contribution in [0.3, 0.4) is 0 Å². The standard InChI is InChI=1S/C15H18ClN3OS/c1-11(2)19-14(7-8-17-19)18-15(20)10-21-9-12-3-5-13(16)6-4-12/h3-8,11H,9-10H2,1-2H3,(H,18,20). The van der Waals surface area contributed by atoms with E-state index in [4.69, 9.17) is 11.6 Å². The molecule has 2 aromatic rings. The van der Waals surface area contributed by atoms with Crippen molar-refractivity contribution in [3.8, 4) is 0 Å². The van der Waals surface area contributed by atoms with E-state index < -0.39 is 0 Å². The molecule has 1 N–H and O–H groups in total. The molecule has 6 heteroatoms. The second kappa shape index (κ2) is 7.52. The summed E-state index contributed by atoms with van der Waals surface area (Å²) in [4.78, 5) is 11.9. The van der Waals surface area contributed by atoms with E-state index in [0.717, 1.165) is 22.2 Å². The number of amides is 1. The van der Waals surface area contributed by atoms with Gasteiger partial charge in [0.15, 0.2) is 0 Å². The average molecular weight is 324 g/mol. The molecular weight excluding hydrogens is 306 g/mol. The minimum atomic E-state index is -0.0173. The maximum atomic E-state index is 11.9. The zero-order valence-corrected chi connectivity index (χ0v) is 13.6. The predicted octanol–water partition coefficient (Wildman–Crippen LogP) is 3.99. The molecule has 1 aromatic heterocycles. The Kier molecular flexibility index (Phi) is 5.70. The van der Waals surface area contributed by atoms with Crippen LogP contribution in [0.25, 0.3) is 0 Å². The Morgan fingerprint density at radius 1 is 1.33 bits per heavy atom. The Bertz CT molecular complexity index is 595. The fourth-order valence-corrected chi connectivity index (χ4v) is 2.76. The molecule has 0 atom stereocenters. The van der Waals surface area contributed by atoms with Gasteiger partial charge in [-0.25, -0.2) is 4.68 Å². The lowest BCUT2D eigenvalue weighted by Crippen LogP contribution is -2.18. The van der Waals surface area contributed by atoms with Crippen molar-refractivity contribution in [3.63, 3.8) is 0 Å². The molecule has 0 saturated heterocycles. The third-order valence-corrected chi connectivity index (χ3v) is 4.10. The van der Waals surface area contributed by atoms with Crippen LogP contribution in [0.5, 0.6) is 0 Å². The molecule has 0 aliphatic carbocycles. The van der Waals surface area contributed by atoms with Crippen LogP contribution in [0.4, 0.5) is 5.82 Å². The predicted molar refractivity (Wildman–Crippen MR) is 88.9 cm³/mol. The van der Waals surface area contributed by atoms with Crippen molar-refractivity contribution in [2.75, 3.05) is 11.1 Å². The van der Waals surface area contributed by atoms with Crippen LogP contribution in [0.1, 0.15) is 25.5 Å². The number of carbonyl (C=O) groups is 1. The summed E-state index contributed by atoms with van der Waals surface area (Å²) in [7, 11) is 0. The van der Waals surface area contributed by atoms with Gasteiger partial charge in [-0.15, -0.1) is 11.8 Å². The lowest BCUT2D eigenvalue weighted by molar-refractivity contribution is -0.113. The van der Waals surface area contributed by atoms with E-state index >= 15 is 0 Å². The first kappa shape index (κ1) is 15.9. The molecule has 0 aliphatic rings. The van der Waals surface area contributed by atoms with Gasteiger partial charge in [0.25, 0.3) is 0 Å². The fraction of sp³-hybridized carbons (Fsp3) is 0.333. The molecule has 0 radical (unpaired) electrons. The highest BCUT2D eigenvalue weighted by Crippen LogP contribution is 2.17. The van der Waals surface area contributed by atoms with Crippen LogP contribution in [0, 0.1) is 0 Å². The molecule has 0 fully saturated rings. The lowest BCUT2D eigenvalue weighted by atomic mass is 10.2. The molecule has 0 bridgehead atoms. The van der Waals surface area contributed by atoms with E-state index in [1.165, 1.54) is 0 Å². The monoisotopic (exact) mass is 323 g/mol. The number of carbonyl (C=O) groups excluding carboxylic acids is 1. The smallest absolute Gasteiger partial charge is 0.235 e. The number of benzene rings is 1. The zero-order valence-electron chi connectivity index (χ0n) is 12.0. The molecule has 21 heavy (non-hydrogen) atoms. The number of aromatic nitrogens is 2. The van der Waals surface area contributed by atoms with Crippen molar-refractivity contribution in [2.24, 2.45) is 0 Å². The summed E-state index contributed by atoms with van der Waals surface area (Å²) in [6, 6.07) is 9.69. The van der Waals surface area contributed by atoms with Gasteiger partial charge >= 0.3 is 0 Å². The van der Waals surface area contributed by atoms with Gasteiger partial charge in [-0.2, -0.15) is 5.10 Å². The van der Waals surface area contributed by atoms with Crippen LogP contribution in [-0.4, -0.2) is 21.4 Å². The molecule has 1 amide bonds. The van der Waals surface area contributed by atoms with Crippen molar-refractivity contribution in [1.82, 2.24) is 9.78 Å². The number of nitrogens with zero attached hydrogens (tertiary/aromatic N) is 2. The van der Waals surface area contributed by atoms with Crippen LogP contribution < -0.4 is 5.32 Å². The van der Waals surface area contributed by atoms with E-state index in [-0.39, 0.29) is 11.9 Å². The van der Waals surface area contributed by atoms with Gasteiger partial charge in [0.2, 0.25) is 5.91 Å². The molecule has 112 valence electrons. The minimum absolute atomic E-state index is 0.0173. The molecule has 0 saturated carbocycles. The second-order valence-corrected chi connectivity index (χ2v) is 6.34. The summed E-state index contributed by atoms with van der Waals surface area (Å²) in [5.41, 5.74) is 1.16. The molecule has 4 nitrogen and oxygen atoms in total. The van der Waals surface area contributed by atoms with E-state index in [9.17, 15) is 4.79 Å². The van der Waals surface area contributed by atoms with E-state index in [0.29, 0.717) is 5.75 Å². The fourth-order valence-electron chi connectivity index (χ4n) is 1.85.